The molecule has 1 aromatic carbocycles. The average molecular weight is 355 g/mol. The highest BCUT2D eigenvalue weighted by atomic mass is 79.9. The third kappa shape index (κ3) is 4.15. The zero-order valence-corrected chi connectivity index (χ0v) is 13.4. The summed E-state index contributed by atoms with van der Waals surface area (Å²) in [6.45, 7) is 3.91. The topological polar surface area (TPSA) is 97.3 Å². The Hall–Kier alpha value is -2.16. The lowest BCUT2D eigenvalue weighted by Crippen LogP contribution is -2.07. The molecule has 1 aromatic heterocycles. The summed E-state index contributed by atoms with van der Waals surface area (Å²) in [5, 5.41) is 17.2. The van der Waals surface area contributed by atoms with Gasteiger partial charge in [0, 0.05) is 0 Å². The van der Waals surface area contributed by atoms with Crippen LogP contribution in [-0.2, 0) is 0 Å². The number of halogens is 1. The van der Waals surface area contributed by atoms with Crippen LogP contribution in [0, 0.1) is 0 Å². The van der Waals surface area contributed by atoms with E-state index in [9.17, 15) is 0 Å². The molecule has 8 nitrogen and oxygen atoms in total. The zero-order valence-electron chi connectivity index (χ0n) is 11.8. The van der Waals surface area contributed by atoms with Gasteiger partial charge in [-0.3, -0.25) is 0 Å². The molecule has 0 unspecified atom stereocenters. The van der Waals surface area contributed by atoms with Crippen LogP contribution < -0.4 is 14.9 Å². The molecule has 0 radical (unpaired) electrons. The summed E-state index contributed by atoms with van der Waals surface area (Å²) < 4.78 is 11.9. The molecule has 2 aromatic rings. The van der Waals surface area contributed by atoms with Gasteiger partial charge in [-0.2, -0.15) is 10.3 Å². The van der Waals surface area contributed by atoms with Gasteiger partial charge in [-0.25, -0.2) is 5.43 Å². The summed E-state index contributed by atoms with van der Waals surface area (Å²) in [7, 11) is 1.59. The van der Waals surface area contributed by atoms with Crippen LogP contribution in [-0.4, -0.2) is 40.1 Å². The fourth-order valence-corrected chi connectivity index (χ4v) is 2.09. The molecule has 0 bridgehead atoms. The molecule has 0 aliphatic carbocycles. The first-order chi connectivity index (χ1) is 10.1. The van der Waals surface area contributed by atoms with E-state index in [4.69, 9.17) is 9.47 Å². The minimum Gasteiger partial charge on any atom is -0.493 e. The van der Waals surface area contributed by atoms with Crippen LogP contribution in [0.3, 0.4) is 0 Å². The van der Waals surface area contributed by atoms with E-state index in [1.807, 2.05) is 26.0 Å². The fraction of sp³-hybridized carbons (Fsp3) is 0.333. The second kappa shape index (κ2) is 7.02. The first-order valence-electron chi connectivity index (χ1n) is 6.17. The maximum atomic E-state index is 5.72. The number of tetrazole rings is 1. The summed E-state index contributed by atoms with van der Waals surface area (Å²) in [4.78, 5) is 0. The predicted molar refractivity (Wildman–Crippen MR) is 81.9 cm³/mol. The van der Waals surface area contributed by atoms with Crippen LogP contribution in [0.1, 0.15) is 19.4 Å². The van der Waals surface area contributed by atoms with Gasteiger partial charge in [-0.1, -0.05) is 5.10 Å². The molecule has 0 amide bonds. The quantitative estimate of drug-likeness (QED) is 0.609. The standard InChI is InChI=1S/C12H15BrN6O2/c1-7(2)21-11-9(13)4-8(5-10(11)20-3)6-14-15-12-16-18-19-17-12/h4-7H,1-3H3,(H2,15,16,17,18,19). The number of hydrogen-bond donors (Lipinski definition) is 2. The van der Waals surface area contributed by atoms with E-state index in [-0.39, 0.29) is 12.1 Å². The number of rotatable bonds is 6. The molecule has 1 heterocycles. The number of hydrazone groups is 1. The molecule has 112 valence electrons. The molecule has 0 aliphatic heterocycles. The second-order valence-electron chi connectivity index (χ2n) is 4.31. The molecule has 0 atom stereocenters. The predicted octanol–water partition coefficient (Wildman–Crippen LogP) is 2.20. The molecular formula is C12H15BrN6O2. The zero-order chi connectivity index (χ0) is 15.2. The highest BCUT2D eigenvalue weighted by Crippen LogP contribution is 2.36. The number of H-pyrrole nitrogens is 1. The first-order valence-corrected chi connectivity index (χ1v) is 6.96. The number of nitrogens with zero attached hydrogens (tertiary/aromatic N) is 4. The Morgan fingerprint density at radius 2 is 2.24 bits per heavy atom. The number of ether oxygens (including phenoxy) is 2. The summed E-state index contributed by atoms with van der Waals surface area (Å²) in [5.41, 5.74) is 3.47. The minimum absolute atomic E-state index is 0.0506. The smallest absolute Gasteiger partial charge is 0.283 e. The maximum Gasteiger partial charge on any atom is 0.283 e. The van der Waals surface area contributed by atoms with Gasteiger partial charge < -0.3 is 9.47 Å². The summed E-state index contributed by atoms with van der Waals surface area (Å²) in [6, 6.07) is 3.70. The van der Waals surface area contributed by atoms with Gasteiger partial charge >= 0.3 is 0 Å². The van der Waals surface area contributed by atoms with Gasteiger partial charge in [-0.15, -0.1) is 5.10 Å². The van der Waals surface area contributed by atoms with Gasteiger partial charge in [0.15, 0.2) is 11.5 Å². The Morgan fingerprint density at radius 3 is 2.86 bits per heavy atom. The average Bonchev–Trinajstić information content (AvgIpc) is 2.94. The van der Waals surface area contributed by atoms with Crippen LogP contribution in [0.15, 0.2) is 21.7 Å². The molecule has 2 rings (SSSR count). The monoisotopic (exact) mass is 354 g/mol. The number of aromatic nitrogens is 4. The Balaban J connectivity index is 2.17. The number of benzene rings is 1. The molecule has 2 N–H and O–H groups in total. The highest BCUT2D eigenvalue weighted by molar-refractivity contribution is 9.10. The third-order valence-electron chi connectivity index (χ3n) is 2.33. The van der Waals surface area contributed by atoms with Gasteiger partial charge in [-0.05, 0) is 52.7 Å². The Kier molecular flexibility index (Phi) is 5.09. The van der Waals surface area contributed by atoms with Crippen molar-refractivity contribution in [1.29, 1.82) is 0 Å². The molecule has 0 fully saturated rings. The third-order valence-corrected chi connectivity index (χ3v) is 2.92. The van der Waals surface area contributed by atoms with E-state index in [1.165, 1.54) is 0 Å². The van der Waals surface area contributed by atoms with Crippen LogP contribution in [0.4, 0.5) is 5.95 Å². The highest BCUT2D eigenvalue weighted by Gasteiger charge is 2.12. The van der Waals surface area contributed by atoms with Crippen molar-refractivity contribution < 1.29 is 9.47 Å². The van der Waals surface area contributed by atoms with Crippen LogP contribution in [0.25, 0.3) is 0 Å². The largest absolute Gasteiger partial charge is 0.493 e. The summed E-state index contributed by atoms with van der Waals surface area (Å²) in [6.07, 6.45) is 1.66. The molecule has 21 heavy (non-hydrogen) atoms. The van der Waals surface area contributed by atoms with E-state index in [0.29, 0.717) is 11.5 Å². The first kappa shape index (κ1) is 15.2. The molecule has 0 aliphatic rings. The summed E-state index contributed by atoms with van der Waals surface area (Å²) in [5.74, 6) is 1.58. The van der Waals surface area contributed by atoms with Crippen molar-refractivity contribution >= 4 is 28.1 Å². The fourth-order valence-electron chi connectivity index (χ4n) is 1.54. The molecule has 0 saturated carbocycles. The van der Waals surface area contributed by atoms with E-state index in [1.54, 1.807) is 13.3 Å². The number of anilines is 1. The van der Waals surface area contributed by atoms with Gasteiger partial charge in [0.25, 0.3) is 5.95 Å². The number of hydrogen-bond acceptors (Lipinski definition) is 7. The Bertz CT molecular complexity index is 614. The summed E-state index contributed by atoms with van der Waals surface area (Å²) >= 11 is 3.47. The van der Waals surface area contributed by atoms with E-state index < -0.39 is 0 Å². The van der Waals surface area contributed by atoms with Gasteiger partial charge in [0.2, 0.25) is 0 Å². The lowest BCUT2D eigenvalue weighted by Gasteiger charge is -2.15. The SMILES string of the molecule is COc1cc(C=NNc2nn[nH]n2)cc(Br)c1OC(C)C. The van der Waals surface area contributed by atoms with Gasteiger partial charge in [0.05, 0.1) is 23.9 Å². The molecule has 0 spiro atoms. The van der Waals surface area contributed by atoms with Crippen LogP contribution >= 0.6 is 15.9 Å². The van der Waals surface area contributed by atoms with Crippen LogP contribution in [0.2, 0.25) is 0 Å². The Morgan fingerprint density at radius 1 is 1.43 bits per heavy atom. The normalized spacial score (nSPS) is 11.1. The number of nitrogens with one attached hydrogen (secondary N) is 2. The van der Waals surface area contributed by atoms with Gasteiger partial charge in [0.1, 0.15) is 0 Å². The van der Waals surface area contributed by atoms with E-state index in [2.05, 4.69) is 47.1 Å². The van der Waals surface area contributed by atoms with Crippen molar-refractivity contribution in [3.05, 3.63) is 22.2 Å². The lowest BCUT2D eigenvalue weighted by atomic mass is 10.2. The molecule has 9 heteroatoms. The number of methoxy groups -OCH3 is 1. The lowest BCUT2D eigenvalue weighted by molar-refractivity contribution is 0.228. The van der Waals surface area contributed by atoms with Crippen molar-refractivity contribution in [2.75, 3.05) is 12.5 Å². The molecule has 0 saturated heterocycles. The Labute approximate surface area is 130 Å². The van der Waals surface area contributed by atoms with E-state index in [0.717, 1.165) is 10.0 Å². The van der Waals surface area contributed by atoms with Crippen molar-refractivity contribution in [1.82, 2.24) is 20.6 Å². The van der Waals surface area contributed by atoms with Crippen LogP contribution in [0.5, 0.6) is 11.5 Å². The van der Waals surface area contributed by atoms with Crippen molar-refractivity contribution in [2.45, 2.75) is 20.0 Å². The maximum absolute atomic E-state index is 5.72. The minimum atomic E-state index is 0.0506. The van der Waals surface area contributed by atoms with Crippen molar-refractivity contribution in [2.24, 2.45) is 5.10 Å². The number of aromatic amines is 1. The second-order valence-corrected chi connectivity index (χ2v) is 5.16. The molecular weight excluding hydrogens is 340 g/mol. The van der Waals surface area contributed by atoms with Crippen molar-refractivity contribution in [3.63, 3.8) is 0 Å². The van der Waals surface area contributed by atoms with Crippen molar-refractivity contribution in [3.8, 4) is 11.5 Å². The van der Waals surface area contributed by atoms with E-state index >= 15 is 0 Å².